The van der Waals surface area contributed by atoms with E-state index in [1.165, 1.54) is 32.0 Å². The Morgan fingerprint density at radius 2 is 1.04 bits per heavy atom. The number of benzene rings is 2. The molecule has 7 heterocycles. The summed E-state index contributed by atoms with van der Waals surface area (Å²) < 4.78 is 10.7. The van der Waals surface area contributed by atoms with Crippen LogP contribution in [-0.4, -0.2) is 52.6 Å². The third kappa shape index (κ3) is 3.96. The maximum Gasteiger partial charge on any atom is 0.240 e. The molecule has 13 heteroatoms. The zero-order valence-corrected chi connectivity index (χ0v) is 27.2. The van der Waals surface area contributed by atoms with Gasteiger partial charge in [0.2, 0.25) is 11.6 Å². The minimum atomic E-state index is 0.506. The van der Waals surface area contributed by atoms with E-state index < -0.39 is 0 Å². The van der Waals surface area contributed by atoms with Crippen molar-refractivity contribution in [3.8, 4) is 11.6 Å². The Kier molecular flexibility index (Phi) is 5.27. The Morgan fingerprint density at radius 1 is 0.529 bits per heavy atom. The van der Waals surface area contributed by atoms with Gasteiger partial charge in [0.05, 0.1) is 39.0 Å². The lowest BCUT2D eigenvalue weighted by Gasteiger charge is -2.16. The van der Waals surface area contributed by atoms with Crippen molar-refractivity contribution in [3.63, 3.8) is 0 Å². The molecule has 246 valence electrons. The molecule has 0 spiro atoms. The van der Waals surface area contributed by atoms with Crippen LogP contribution in [0, 0.1) is 0 Å². The number of rotatable bonds is 8. The monoisotopic (exact) mass is 667 g/mol. The summed E-state index contributed by atoms with van der Waals surface area (Å²) in [5.74, 6) is 4.61. The summed E-state index contributed by atoms with van der Waals surface area (Å²) in [7, 11) is 0. The molecular formula is C38H29N13. The van der Waals surface area contributed by atoms with Crippen molar-refractivity contribution in [2.45, 2.75) is 37.8 Å². The smallest absolute Gasteiger partial charge is 0.240 e. The van der Waals surface area contributed by atoms with Crippen LogP contribution in [0.25, 0.3) is 61.5 Å². The molecule has 0 atom stereocenters. The second kappa shape index (κ2) is 9.91. The maximum absolute atomic E-state index is 5.12. The van der Waals surface area contributed by atoms with Crippen LogP contribution in [0.1, 0.15) is 37.8 Å². The molecule has 13 nitrogen and oxygen atoms in total. The first-order chi connectivity index (χ1) is 25.3. The highest BCUT2D eigenvalue weighted by Crippen LogP contribution is 2.41. The Bertz CT molecular complexity index is 2770. The van der Waals surface area contributed by atoms with E-state index in [1.54, 1.807) is 0 Å². The number of fused-ring (bicyclic) bond motifs is 2. The van der Waals surface area contributed by atoms with Crippen molar-refractivity contribution in [1.29, 1.82) is 0 Å². The van der Waals surface area contributed by atoms with Crippen LogP contribution in [-0.2, 0) is 0 Å². The third-order valence-corrected chi connectivity index (χ3v) is 10.3. The van der Waals surface area contributed by atoms with Crippen LogP contribution in [0.15, 0.2) is 104 Å². The summed E-state index contributed by atoms with van der Waals surface area (Å²) in [6, 6.07) is 26.1. The molecule has 0 saturated heterocycles. The van der Waals surface area contributed by atoms with E-state index in [0.717, 1.165) is 73.0 Å². The lowest BCUT2D eigenvalue weighted by Crippen LogP contribution is -2.10. The summed E-state index contributed by atoms with van der Waals surface area (Å²) in [5.41, 5.74) is 6.46. The van der Waals surface area contributed by atoms with Gasteiger partial charge in [-0.1, -0.05) is 12.1 Å². The number of hydrogen-bond acceptors (Lipinski definition) is 8. The minimum absolute atomic E-state index is 0.506. The SMILES string of the molecule is c1cc(Nc2cccn2C2CC2)c2c(c1)ncn2-c1nc2ncnc3nc(-n4cnc5cccc(Nc6cccn6C6CC6)c54)c4ccc1c4n23. The van der Waals surface area contributed by atoms with Crippen LogP contribution in [0.5, 0.6) is 0 Å². The molecule has 2 aliphatic rings. The fraction of sp³-hybridized carbons (Fsp3) is 0.158. The van der Waals surface area contributed by atoms with E-state index in [-0.39, 0.29) is 0 Å². The van der Waals surface area contributed by atoms with Gasteiger partial charge in [-0.2, -0.15) is 9.97 Å². The zero-order valence-electron chi connectivity index (χ0n) is 27.2. The Labute approximate surface area is 289 Å². The number of para-hydroxylation sites is 2. The minimum Gasteiger partial charge on any atom is -0.340 e. The summed E-state index contributed by atoms with van der Waals surface area (Å²) in [6.07, 6.45) is 14.4. The van der Waals surface area contributed by atoms with Crippen molar-refractivity contribution in [2.75, 3.05) is 10.6 Å². The van der Waals surface area contributed by atoms with E-state index in [2.05, 4.69) is 99.8 Å². The van der Waals surface area contributed by atoms with Gasteiger partial charge in [0.1, 0.15) is 30.6 Å². The fourth-order valence-corrected chi connectivity index (χ4v) is 7.72. The fourth-order valence-electron chi connectivity index (χ4n) is 7.72. The highest BCUT2D eigenvalue weighted by molar-refractivity contribution is 6.08. The summed E-state index contributed by atoms with van der Waals surface area (Å²) in [5, 5.41) is 9.29. The predicted octanol–water partition coefficient (Wildman–Crippen LogP) is 7.70. The van der Waals surface area contributed by atoms with Gasteiger partial charge >= 0.3 is 0 Å². The number of anilines is 4. The van der Waals surface area contributed by atoms with E-state index >= 15 is 0 Å². The average Bonchev–Trinajstić information content (AvgIpc) is 3.82. The molecule has 2 saturated carbocycles. The molecule has 10 aromatic rings. The average molecular weight is 668 g/mol. The summed E-state index contributed by atoms with van der Waals surface area (Å²) in [4.78, 5) is 29.1. The molecular weight excluding hydrogens is 639 g/mol. The van der Waals surface area contributed by atoms with E-state index in [0.29, 0.717) is 23.6 Å². The molecule has 51 heavy (non-hydrogen) atoms. The number of aromatic nitrogens is 11. The summed E-state index contributed by atoms with van der Waals surface area (Å²) >= 11 is 0. The van der Waals surface area contributed by atoms with Crippen LogP contribution >= 0.6 is 0 Å². The predicted molar refractivity (Wildman–Crippen MR) is 196 cm³/mol. The first kappa shape index (κ1) is 27.1. The van der Waals surface area contributed by atoms with Crippen LogP contribution in [0.3, 0.4) is 0 Å². The van der Waals surface area contributed by atoms with E-state index in [9.17, 15) is 0 Å². The molecule has 2 fully saturated rings. The van der Waals surface area contributed by atoms with Gasteiger partial charge < -0.3 is 19.8 Å². The first-order valence-corrected chi connectivity index (χ1v) is 17.3. The van der Waals surface area contributed by atoms with Gasteiger partial charge in [0.25, 0.3) is 0 Å². The highest BCUT2D eigenvalue weighted by atomic mass is 15.3. The normalized spacial score (nSPS) is 15.0. The Hall–Kier alpha value is -6.76. The van der Waals surface area contributed by atoms with Gasteiger partial charge in [-0.3, -0.25) is 9.13 Å². The number of hydrogen-bond donors (Lipinski definition) is 2. The van der Waals surface area contributed by atoms with Gasteiger partial charge in [0.15, 0.2) is 11.6 Å². The van der Waals surface area contributed by atoms with E-state index in [1.807, 2.05) is 41.3 Å². The van der Waals surface area contributed by atoms with E-state index in [4.69, 9.17) is 19.9 Å². The zero-order chi connectivity index (χ0) is 33.2. The van der Waals surface area contributed by atoms with Crippen LogP contribution < -0.4 is 10.6 Å². The quantitative estimate of drug-likeness (QED) is 0.169. The molecule has 2 aliphatic carbocycles. The molecule has 0 radical (unpaired) electrons. The van der Waals surface area contributed by atoms with Crippen LogP contribution in [0.4, 0.5) is 23.0 Å². The van der Waals surface area contributed by atoms with Crippen molar-refractivity contribution in [2.24, 2.45) is 0 Å². The Morgan fingerprint density at radius 3 is 1.53 bits per heavy atom. The van der Waals surface area contributed by atoms with Crippen molar-refractivity contribution >= 4 is 72.9 Å². The van der Waals surface area contributed by atoms with Gasteiger partial charge in [-0.05, 0) is 86.3 Å². The number of imidazole rings is 2. The number of nitrogens with zero attached hydrogens (tertiary/aromatic N) is 11. The standard InChI is InChI=1S/C38H29N13/c1-5-26-33(28(7-1)43-30-9-3-17-47(30)22-11-12-22)49(20-41-26)35-24-15-16-25-32(24)51-37(45-35)39-19-40-38(51)46-36(25)50-21-42-27-6-2-8-29(34(27)50)44-31-10-4-18-48(31)23-13-14-23/h1-10,15-23,43-44H,11-14H2. The van der Waals surface area contributed by atoms with Crippen LogP contribution in [0.2, 0.25) is 0 Å². The topological polar surface area (TPSA) is 126 Å². The van der Waals surface area contributed by atoms with Crippen molar-refractivity contribution < 1.29 is 0 Å². The van der Waals surface area contributed by atoms with Gasteiger partial charge in [-0.15, -0.1) is 0 Å². The molecule has 3 aromatic carbocycles. The molecule has 0 amide bonds. The molecule has 0 unspecified atom stereocenters. The lowest BCUT2D eigenvalue weighted by molar-refractivity contribution is 0.757. The maximum atomic E-state index is 5.12. The Balaban J connectivity index is 1.05. The third-order valence-electron chi connectivity index (χ3n) is 10.3. The summed E-state index contributed by atoms with van der Waals surface area (Å²) in [6.45, 7) is 0. The van der Waals surface area contributed by atoms with Crippen molar-refractivity contribution in [1.82, 2.24) is 52.6 Å². The molecule has 0 bridgehead atoms. The second-order valence-corrected chi connectivity index (χ2v) is 13.6. The molecule has 2 N–H and O–H groups in total. The highest BCUT2D eigenvalue weighted by Gasteiger charge is 2.27. The number of nitrogens with one attached hydrogen (secondary N) is 2. The largest absolute Gasteiger partial charge is 0.340 e. The molecule has 7 aromatic heterocycles. The van der Waals surface area contributed by atoms with Gasteiger partial charge in [0, 0.05) is 35.2 Å². The lowest BCUT2D eigenvalue weighted by atomic mass is 10.2. The van der Waals surface area contributed by atoms with Crippen molar-refractivity contribution in [3.05, 3.63) is 104 Å². The first-order valence-electron chi connectivity index (χ1n) is 17.3. The second-order valence-electron chi connectivity index (χ2n) is 13.6. The molecule has 12 rings (SSSR count). The molecule has 0 aliphatic heterocycles. The van der Waals surface area contributed by atoms with Gasteiger partial charge in [-0.25, -0.2) is 24.3 Å².